The summed E-state index contributed by atoms with van der Waals surface area (Å²) in [5.74, 6) is 0. The van der Waals surface area contributed by atoms with E-state index in [1.54, 1.807) is 17.5 Å². The highest BCUT2D eigenvalue weighted by molar-refractivity contribution is 5.82. The van der Waals surface area contributed by atoms with Gasteiger partial charge in [-0.2, -0.15) is 0 Å². The molecule has 0 unspecified atom stereocenters. The van der Waals surface area contributed by atoms with Gasteiger partial charge in [0, 0.05) is 6.20 Å². The molecule has 2 aromatic rings. The zero-order valence-electron chi connectivity index (χ0n) is 7.71. The number of hydrogen-bond acceptors (Lipinski definition) is 3. The minimum absolute atomic E-state index is 0.635. The number of pyridine rings is 1. The van der Waals surface area contributed by atoms with Crippen LogP contribution in [0.1, 0.15) is 12.6 Å². The fraction of sp³-hybridized carbons (Fsp3) is 0.100. The summed E-state index contributed by atoms with van der Waals surface area (Å²) in [5, 5.41) is 7.87. The second-order valence-corrected chi connectivity index (χ2v) is 3.01. The van der Waals surface area contributed by atoms with E-state index in [0.29, 0.717) is 5.57 Å². The third kappa shape index (κ3) is 1.42. The molecular weight excluding hydrogens is 178 g/mol. The molecule has 14 heavy (non-hydrogen) atoms. The Balaban J connectivity index is 2.59. The molecule has 0 amide bonds. The number of fused-ring (bicyclic) bond motifs is 1. The molecule has 0 aromatic carbocycles. The molecule has 0 aliphatic rings. The lowest BCUT2D eigenvalue weighted by Crippen LogP contribution is -1.83. The summed E-state index contributed by atoms with van der Waals surface area (Å²) in [5.41, 5.74) is 2.25. The van der Waals surface area contributed by atoms with Crippen LogP contribution in [0.5, 0.6) is 0 Å². The predicted octanol–water partition coefficient (Wildman–Crippen LogP) is 1.33. The molecule has 0 saturated heterocycles. The number of aldehydes is 1. The first-order valence-electron chi connectivity index (χ1n) is 4.25. The summed E-state index contributed by atoms with van der Waals surface area (Å²) < 4.78 is 1.67. The molecule has 0 fully saturated rings. The number of hydrogen-bond donors (Lipinski definition) is 0. The Kier molecular flexibility index (Phi) is 2.10. The van der Waals surface area contributed by atoms with Gasteiger partial charge in [0.15, 0.2) is 0 Å². The molecule has 4 heteroatoms. The summed E-state index contributed by atoms with van der Waals surface area (Å²) in [4.78, 5) is 10.4. The average Bonchev–Trinajstić information content (AvgIpc) is 2.62. The van der Waals surface area contributed by atoms with Gasteiger partial charge in [-0.05, 0) is 30.7 Å². The Bertz CT molecular complexity index is 499. The first-order chi connectivity index (χ1) is 6.81. The molecule has 0 radical (unpaired) electrons. The maximum Gasteiger partial charge on any atom is 0.145 e. The Morgan fingerprint density at radius 3 is 3.14 bits per heavy atom. The summed E-state index contributed by atoms with van der Waals surface area (Å²) in [6.45, 7) is 1.74. The van der Waals surface area contributed by atoms with Gasteiger partial charge in [0.2, 0.25) is 0 Å². The zero-order valence-corrected chi connectivity index (χ0v) is 7.71. The van der Waals surface area contributed by atoms with Crippen molar-refractivity contribution in [1.29, 1.82) is 0 Å². The van der Waals surface area contributed by atoms with E-state index in [4.69, 9.17) is 0 Å². The van der Waals surface area contributed by atoms with Crippen molar-refractivity contribution < 1.29 is 4.79 Å². The van der Waals surface area contributed by atoms with E-state index in [0.717, 1.165) is 17.5 Å². The van der Waals surface area contributed by atoms with E-state index >= 15 is 0 Å². The van der Waals surface area contributed by atoms with Crippen LogP contribution in [-0.4, -0.2) is 21.1 Å². The second kappa shape index (κ2) is 3.41. The van der Waals surface area contributed by atoms with E-state index in [9.17, 15) is 4.79 Å². The van der Waals surface area contributed by atoms with Crippen molar-refractivity contribution in [2.45, 2.75) is 6.92 Å². The summed E-state index contributed by atoms with van der Waals surface area (Å²) in [6, 6.07) is 5.69. The molecule has 0 spiro atoms. The third-order valence-electron chi connectivity index (χ3n) is 1.90. The predicted molar refractivity (Wildman–Crippen MR) is 52.7 cm³/mol. The molecule has 0 saturated carbocycles. The van der Waals surface area contributed by atoms with Crippen molar-refractivity contribution in [1.82, 2.24) is 14.8 Å². The van der Waals surface area contributed by atoms with Crippen molar-refractivity contribution in [3.05, 3.63) is 35.7 Å². The number of aromatic nitrogens is 3. The van der Waals surface area contributed by atoms with E-state index in [2.05, 4.69) is 10.3 Å². The van der Waals surface area contributed by atoms with Crippen LogP contribution in [0.2, 0.25) is 0 Å². The number of carbonyl (C=O) groups excluding carboxylic acids is 1. The number of allylic oxidation sites excluding steroid dienone is 1. The van der Waals surface area contributed by atoms with E-state index in [1.165, 1.54) is 0 Å². The molecule has 0 bridgehead atoms. The molecule has 0 aliphatic heterocycles. The molecular formula is C10H9N3O. The molecule has 0 aliphatic carbocycles. The monoisotopic (exact) mass is 187 g/mol. The first kappa shape index (κ1) is 8.62. The SMILES string of the molecule is C/C(C=O)=C\c1nnn2ccccc12. The maximum atomic E-state index is 10.4. The van der Waals surface area contributed by atoms with E-state index in [1.807, 2.05) is 24.4 Å². The summed E-state index contributed by atoms with van der Waals surface area (Å²) >= 11 is 0. The van der Waals surface area contributed by atoms with Crippen LogP contribution in [0, 0.1) is 0 Å². The van der Waals surface area contributed by atoms with Crippen LogP contribution in [0.4, 0.5) is 0 Å². The van der Waals surface area contributed by atoms with Gasteiger partial charge in [-0.1, -0.05) is 11.3 Å². The van der Waals surface area contributed by atoms with Crippen LogP contribution in [0.15, 0.2) is 30.0 Å². The number of carbonyl (C=O) groups is 1. The minimum Gasteiger partial charge on any atom is -0.298 e. The second-order valence-electron chi connectivity index (χ2n) is 3.01. The lowest BCUT2D eigenvalue weighted by molar-refractivity contribution is -0.104. The highest BCUT2D eigenvalue weighted by Crippen LogP contribution is 2.09. The van der Waals surface area contributed by atoms with Crippen molar-refractivity contribution in [3.8, 4) is 0 Å². The van der Waals surface area contributed by atoms with E-state index < -0.39 is 0 Å². The largest absolute Gasteiger partial charge is 0.298 e. The molecule has 2 aromatic heterocycles. The lowest BCUT2D eigenvalue weighted by atomic mass is 10.2. The molecule has 4 nitrogen and oxygen atoms in total. The standard InChI is InChI=1S/C10H9N3O/c1-8(7-14)6-9-10-4-2-3-5-13(10)12-11-9/h2-7H,1H3/b8-6+. The fourth-order valence-electron chi connectivity index (χ4n) is 1.22. The maximum absolute atomic E-state index is 10.4. The highest BCUT2D eigenvalue weighted by atomic mass is 16.1. The van der Waals surface area contributed by atoms with E-state index in [-0.39, 0.29) is 0 Å². The van der Waals surface area contributed by atoms with Gasteiger partial charge in [-0.25, -0.2) is 4.52 Å². The van der Waals surface area contributed by atoms with Gasteiger partial charge < -0.3 is 0 Å². The van der Waals surface area contributed by atoms with Crippen molar-refractivity contribution in [2.75, 3.05) is 0 Å². The summed E-state index contributed by atoms with van der Waals surface area (Å²) in [7, 11) is 0. The Hall–Kier alpha value is -1.97. The van der Waals surface area contributed by atoms with Crippen LogP contribution < -0.4 is 0 Å². The van der Waals surface area contributed by atoms with Gasteiger partial charge in [0.1, 0.15) is 12.0 Å². The minimum atomic E-state index is 0.635. The smallest absolute Gasteiger partial charge is 0.145 e. The molecule has 2 rings (SSSR count). The zero-order chi connectivity index (χ0) is 9.97. The van der Waals surface area contributed by atoms with Crippen LogP contribution in [0.3, 0.4) is 0 Å². The Labute approximate surface area is 80.9 Å². The topological polar surface area (TPSA) is 47.3 Å². The van der Waals surface area contributed by atoms with Crippen molar-refractivity contribution in [2.24, 2.45) is 0 Å². The summed E-state index contributed by atoms with van der Waals surface area (Å²) in [6.07, 6.45) is 4.33. The molecule has 70 valence electrons. The number of nitrogens with zero attached hydrogens (tertiary/aromatic N) is 3. The third-order valence-corrected chi connectivity index (χ3v) is 1.90. The molecule has 0 N–H and O–H groups in total. The molecule has 2 heterocycles. The van der Waals surface area contributed by atoms with Gasteiger partial charge in [-0.15, -0.1) is 5.10 Å². The first-order valence-corrected chi connectivity index (χ1v) is 4.25. The Morgan fingerprint density at radius 1 is 1.50 bits per heavy atom. The van der Waals surface area contributed by atoms with Gasteiger partial charge in [0.25, 0.3) is 0 Å². The van der Waals surface area contributed by atoms with Crippen molar-refractivity contribution >= 4 is 17.9 Å². The average molecular weight is 187 g/mol. The Morgan fingerprint density at radius 2 is 2.36 bits per heavy atom. The van der Waals surface area contributed by atoms with Gasteiger partial charge >= 0.3 is 0 Å². The lowest BCUT2D eigenvalue weighted by Gasteiger charge is -1.90. The fourth-order valence-corrected chi connectivity index (χ4v) is 1.22. The number of rotatable bonds is 2. The van der Waals surface area contributed by atoms with Gasteiger partial charge in [-0.3, -0.25) is 4.79 Å². The normalized spacial score (nSPS) is 11.9. The van der Waals surface area contributed by atoms with Gasteiger partial charge in [0.05, 0.1) is 5.52 Å². The van der Waals surface area contributed by atoms with Crippen LogP contribution in [-0.2, 0) is 4.79 Å². The van der Waals surface area contributed by atoms with Crippen LogP contribution >= 0.6 is 0 Å². The quantitative estimate of drug-likeness (QED) is 0.526. The molecule has 0 atom stereocenters. The highest BCUT2D eigenvalue weighted by Gasteiger charge is 2.01. The van der Waals surface area contributed by atoms with Crippen molar-refractivity contribution in [3.63, 3.8) is 0 Å². The van der Waals surface area contributed by atoms with Crippen LogP contribution in [0.25, 0.3) is 11.6 Å².